The van der Waals surface area contributed by atoms with E-state index in [0.717, 1.165) is 6.42 Å². The molecule has 2 atom stereocenters. The van der Waals surface area contributed by atoms with Crippen LogP contribution in [-0.2, 0) is 9.59 Å². The third-order valence-corrected chi connectivity index (χ3v) is 3.38. The zero-order valence-electron chi connectivity index (χ0n) is 10.5. The molecule has 4 nitrogen and oxygen atoms in total. The number of amides is 2. The van der Waals surface area contributed by atoms with Crippen LogP contribution in [-0.4, -0.2) is 29.8 Å². The number of likely N-dealkylation sites (N-methyl/N-ethyl adjacent to an activating group) is 1. The predicted octanol–water partition coefficient (Wildman–Crippen LogP) is 1.12. The number of nitrogens with zero attached hydrogens (tertiary/aromatic N) is 1. The highest BCUT2D eigenvalue weighted by Gasteiger charge is 2.45. The number of rotatable bonds is 5. The molecule has 2 amide bonds. The van der Waals surface area contributed by atoms with Gasteiger partial charge in [-0.25, -0.2) is 0 Å². The number of primary amides is 1. The largest absolute Gasteiger partial charge is 0.368 e. The minimum atomic E-state index is -0.456. The van der Waals surface area contributed by atoms with Gasteiger partial charge in [-0.2, -0.15) is 0 Å². The molecule has 1 aromatic carbocycles. The summed E-state index contributed by atoms with van der Waals surface area (Å²) >= 11 is 0. The van der Waals surface area contributed by atoms with Gasteiger partial charge < -0.3 is 10.6 Å². The van der Waals surface area contributed by atoms with Crippen LogP contribution in [0.1, 0.15) is 24.8 Å². The molecule has 1 saturated carbocycles. The average Bonchev–Trinajstić information content (AvgIpc) is 3.16. The fraction of sp³-hybridized carbons (Fsp3) is 0.429. The Bertz CT molecular complexity index is 444. The third kappa shape index (κ3) is 2.70. The van der Waals surface area contributed by atoms with Crippen LogP contribution in [0.5, 0.6) is 0 Å². The topological polar surface area (TPSA) is 63.4 Å². The van der Waals surface area contributed by atoms with Gasteiger partial charge in [-0.3, -0.25) is 9.59 Å². The molecule has 2 rings (SSSR count). The van der Waals surface area contributed by atoms with Gasteiger partial charge in [-0.1, -0.05) is 30.3 Å². The van der Waals surface area contributed by atoms with Crippen molar-refractivity contribution in [2.45, 2.75) is 19.3 Å². The molecule has 1 fully saturated rings. The van der Waals surface area contributed by atoms with Crippen LogP contribution < -0.4 is 5.73 Å². The summed E-state index contributed by atoms with van der Waals surface area (Å²) in [5.74, 6) is -0.0837. The molecule has 0 heterocycles. The molecule has 1 aromatic rings. The fourth-order valence-electron chi connectivity index (χ4n) is 2.30. The Morgan fingerprint density at radius 3 is 2.56 bits per heavy atom. The van der Waals surface area contributed by atoms with Gasteiger partial charge in [0.15, 0.2) is 0 Å². The second kappa shape index (κ2) is 5.21. The van der Waals surface area contributed by atoms with Crippen molar-refractivity contribution in [3.05, 3.63) is 35.9 Å². The number of hydrogen-bond acceptors (Lipinski definition) is 2. The Morgan fingerprint density at radius 2 is 2.00 bits per heavy atom. The molecule has 18 heavy (non-hydrogen) atoms. The second-order valence-corrected chi connectivity index (χ2v) is 4.68. The lowest BCUT2D eigenvalue weighted by Gasteiger charge is -2.19. The van der Waals surface area contributed by atoms with Crippen molar-refractivity contribution in [3.63, 3.8) is 0 Å². The third-order valence-electron chi connectivity index (χ3n) is 3.38. The van der Waals surface area contributed by atoms with Gasteiger partial charge >= 0.3 is 0 Å². The summed E-state index contributed by atoms with van der Waals surface area (Å²) in [5, 5.41) is 0. The summed E-state index contributed by atoms with van der Waals surface area (Å²) < 4.78 is 0. The number of benzene rings is 1. The highest BCUT2D eigenvalue weighted by molar-refractivity contribution is 5.87. The van der Waals surface area contributed by atoms with E-state index in [1.54, 1.807) is 0 Å². The zero-order chi connectivity index (χ0) is 13.1. The van der Waals surface area contributed by atoms with Crippen molar-refractivity contribution in [1.29, 1.82) is 0 Å². The monoisotopic (exact) mass is 246 g/mol. The average molecular weight is 246 g/mol. The first-order chi connectivity index (χ1) is 8.63. The normalized spacial score (nSPS) is 21.4. The van der Waals surface area contributed by atoms with Gasteiger partial charge in [0.1, 0.15) is 0 Å². The maximum absolute atomic E-state index is 12.2. The lowest BCUT2D eigenvalue weighted by atomic mass is 10.1. The molecule has 0 saturated heterocycles. The van der Waals surface area contributed by atoms with E-state index in [1.165, 1.54) is 10.5 Å². The Labute approximate surface area is 107 Å². The highest BCUT2D eigenvalue weighted by Crippen LogP contribution is 2.48. The van der Waals surface area contributed by atoms with Crippen LogP contribution in [0.25, 0.3) is 0 Å². The van der Waals surface area contributed by atoms with Gasteiger partial charge in [0.25, 0.3) is 0 Å². The maximum atomic E-state index is 12.2. The smallest absolute Gasteiger partial charge is 0.237 e. The van der Waals surface area contributed by atoms with Gasteiger partial charge in [0.2, 0.25) is 11.8 Å². The highest BCUT2D eigenvalue weighted by atomic mass is 16.2. The number of hydrogen-bond donors (Lipinski definition) is 1. The van der Waals surface area contributed by atoms with Crippen LogP contribution >= 0.6 is 0 Å². The van der Waals surface area contributed by atoms with E-state index in [2.05, 4.69) is 0 Å². The molecule has 1 aliphatic carbocycles. The first kappa shape index (κ1) is 12.6. The fourth-order valence-corrected chi connectivity index (χ4v) is 2.30. The minimum Gasteiger partial charge on any atom is -0.368 e. The van der Waals surface area contributed by atoms with E-state index >= 15 is 0 Å². The Kier molecular flexibility index (Phi) is 3.65. The molecule has 4 heteroatoms. The van der Waals surface area contributed by atoms with Crippen LogP contribution in [0.2, 0.25) is 0 Å². The first-order valence-corrected chi connectivity index (χ1v) is 6.25. The molecule has 0 bridgehead atoms. The van der Waals surface area contributed by atoms with Crippen LogP contribution in [0, 0.1) is 5.92 Å². The van der Waals surface area contributed by atoms with E-state index in [1.807, 2.05) is 37.3 Å². The summed E-state index contributed by atoms with van der Waals surface area (Å²) in [6, 6.07) is 10.0. The van der Waals surface area contributed by atoms with Gasteiger partial charge in [-0.05, 0) is 24.8 Å². The lowest BCUT2D eigenvalue weighted by Crippen LogP contribution is -2.39. The molecule has 0 radical (unpaired) electrons. The minimum absolute atomic E-state index is 0.0201. The van der Waals surface area contributed by atoms with Crippen molar-refractivity contribution in [3.8, 4) is 0 Å². The molecule has 1 aliphatic rings. The predicted molar refractivity (Wildman–Crippen MR) is 68.7 cm³/mol. The zero-order valence-corrected chi connectivity index (χ0v) is 10.5. The molecule has 0 unspecified atom stereocenters. The Hall–Kier alpha value is -1.84. The van der Waals surface area contributed by atoms with Gasteiger partial charge in [-0.15, -0.1) is 0 Å². The van der Waals surface area contributed by atoms with Crippen molar-refractivity contribution in [2.75, 3.05) is 13.1 Å². The molecular formula is C14H18N2O2. The quantitative estimate of drug-likeness (QED) is 0.846. The molecule has 96 valence electrons. The summed E-state index contributed by atoms with van der Waals surface area (Å²) in [5.41, 5.74) is 6.34. The summed E-state index contributed by atoms with van der Waals surface area (Å²) in [7, 11) is 0. The number of nitrogens with two attached hydrogens (primary N) is 1. The summed E-state index contributed by atoms with van der Waals surface area (Å²) in [6.45, 7) is 2.41. The first-order valence-electron chi connectivity index (χ1n) is 6.25. The van der Waals surface area contributed by atoms with E-state index in [-0.39, 0.29) is 18.4 Å². The van der Waals surface area contributed by atoms with Crippen molar-refractivity contribution in [2.24, 2.45) is 11.7 Å². The molecule has 0 spiro atoms. The number of carbonyl (C=O) groups excluding carboxylic acids is 2. The van der Waals surface area contributed by atoms with Crippen LogP contribution in [0.3, 0.4) is 0 Å². The summed E-state index contributed by atoms with van der Waals surface area (Å²) in [6.07, 6.45) is 0.873. The molecule has 2 N–H and O–H groups in total. The van der Waals surface area contributed by atoms with E-state index in [9.17, 15) is 9.59 Å². The Balaban J connectivity index is 1.98. The van der Waals surface area contributed by atoms with Gasteiger partial charge in [0.05, 0.1) is 6.54 Å². The van der Waals surface area contributed by atoms with Crippen molar-refractivity contribution < 1.29 is 9.59 Å². The molecular weight excluding hydrogens is 228 g/mol. The van der Waals surface area contributed by atoms with E-state index in [4.69, 9.17) is 5.73 Å². The van der Waals surface area contributed by atoms with E-state index < -0.39 is 5.91 Å². The maximum Gasteiger partial charge on any atom is 0.237 e. The lowest BCUT2D eigenvalue weighted by molar-refractivity contribution is -0.136. The van der Waals surface area contributed by atoms with Crippen molar-refractivity contribution >= 4 is 11.8 Å². The summed E-state index contributed by atoms with van der Waals surface area (Å²) in [4.78, 5) is 24.6. The standard InChI is InChI=1S/C14H18N2O2/c1-2-16(9-13(15)17)14(18)12-8-11(12)10-6-4-3-5-7-10/h3-7,11-12H,2,8-9H2,1H3,(H2,15,17)/t11-,12-/m1/s1. The van der Waals surface area contributed by atoms with E-state index in [0.29, 0.717) is 12.5 Å². The number of carbonyl (C=O) groups is 2. The second-order valence-electron chi connectivity index (χ2n) is 4.68. The van der Waals surface area contributed by atoms with Crippen LogP contribution in [0.15, 0.2) is 30.3 Å². The van der Waals surface area contributed by atoms with Crippen LogP contribution in [0.4, 0.5) is 0 Å². The van der Waals surface area contributed by atoms with Gasteiger partial charge in [0, 0.05) is 12.5 Å². The van der Waals surface area contributed by atoms with Crippen molar-refractivity contribution in [1.82, 2.24) is 4.90 Å². The Morgan fingerprint density at radius 1 is 1.33 bits per heavy atom. The molecule has 0 aromatic heterocycles. The molecule has 0 aliphatic heterocycles. The SMILES string of the molecule is CCN(CC(N)=O)C(=O)[C@@H]1C[C@@H]1c1ccccc1.